The Balaban J connectivity index is 1.81. The highest BCUT2D eigenvalue weighted by molar-refractivity contribution is 5.96. The van der Waals surface area contributed by atoms with Gasteiger partial charge in [-0.1, -0.05) is 26.7 Å². The minimum atomic E-state index is -1.07. The average molecular weight is 503 g/mol. The number of aliphatic hydroxyl groups excluding tert-OH is 3. The van der Waals surface area contributed by atoms with Crippen molar-refractivity contribution in [2.75, 3.05) is 20.3 Å². The van der Waals surface area contributed by atoms with Gasteiger partial charge in [-0.15, -0.1) is 0 Å². The number of hydrogen-bond donors (Lipinski definition) is 4. The van der Waals surface area contributed by atoms with E-state index < -0.39 is 24.2 Å². The van der Waals surface area contributed by atoms with Gasteiger partial charge in [0.25, 0.3) is 0 Å². The number of carbonyl (C=O) groups excluding carboxylic acids is 2. The summed E-state index contributed by atoms with van der Waals surface area (Å²) in [6, 6.07) is 2.70. The zero-order valence-corrected chi connectivity index (χ0v) is 21.3. The molecular formula is C27H38N2O7. The van der Waals surface area contributed by atoms with Gasteiger partial charge in [-0.25, -0.2) is 0 Å². The third-order valence-corrected chi connectivity index (χ3v) is 7.40. The molecule has 4 N–H and O–H groups in total. The van der Waals surface area contributed by atoms with E-state index in [0.29, 0.717) is 34.6 Å². The topological polar surface area (TPSA) is 129 Å². The molecule has 1 aromatic rings. The first kappa shape index (κ1) is 26.4. The molecule has 2 amide bonds. The molecule has 0 radical (unpaired) electrons. The van der Waals surface area contributed by atoms with Gasteiger partial charge in [0, 0.05) is 30.1 Å². The van der Waals surface area contributed by atoms with Crippen molar-refractivity contribution in [2.45, 2.75) is 82.8 Å². The van der Waals surface area contributed by atoms with E-state index >= 15 is 0 Å². The van der Waals surface area contributed by atoms with Gasteiger partial charge >= 0.3 is 0 Å². The van der Waals surface area contributed by atoms with Crippen molar-refractivity contribution < 1.29 is 34.4 Å². The molecule has 4 rings (SSSR count). The molecule has 198 valence electrons. The maximum atomic E-state index is 13.5. The van der Waals surface area contributed by atoms with E-state index in [0.717, 1.165) is 25.7 Å². The van der Waals surface area contributed by atoms with Gasteiger partial charge in [-0.05, 0) is 42.5 Å². The molecule has 1 heterocycles. The number of amides is 2. The largest absolute Gasteiger partial charge is 0.493 e. The fourth-order valence-electron chi connectivity index (χ4n) is 5.84. The zero-order valence-electron chi connectivity index (χ0n) is 21.3. The number of methoxy groups -OCH3 is 1. The van der Waals surface area contributed by atoms with Crippen LogP contribution >= 0.6 is 0 Å². The molecule has 0 bridgehead atoms. The van der Waals surface area contributed by atoms with Gasteiger partial charge in [0.2, 0.25) is 11.8 Å². The van der Waals surface area contributed by atoms with Crippen LogP contribution in [0.15, 0.2) is 23.8 Å². The standard InChI is InChI=1S/C27H38N2O7/c1-15(2)10-22(32)29(17-6-4-5-7-17)20-13-19(27(34)28-8-9-30)23-18-11-16(14-31)12-21(35-3)25(18)36-26(23)24(20)33/h11-13,15,17,20,23-24,26,30-31,33H,4-10,14H2,1-3H3,(H,28,34)/t20-,23+,24+,26+/m1/s1. The number of benzene rings is 1. The maximum absolute atomic E-state index is 13.5. The summed E-state index contributed by atoms with van der Waals surface area (Å²) in [5.74, 6) is -0.0558. The van der Waals surface area contributed by atoms with Gasteiger partial charge in [-0.2, -0.15) is 0 Å². The highest BCUT2D eigenvalue weighted by atomic mass is 16.5. The molecule has 4 atom stereocenters. The Morgan fingerprint density at radius 2 is 1.94 bits per heavy atom. The summed E-state index contributed by atoms with van der Waals surface area (Å²) in [4.78, 5) is 28.6. The molecule has 0 saturated heterocycles. The normalized spacial score (nSPS) is 25.1. The third kappa shape index (κ3) is 4.96. The van der Waals surface area contributed by atoms with E-state index in [1.807, 2.05) is 13.8 Å². The summed E-state index contributed by atoms with van der Waals surface area (Å²) in [6.07, 6.45) is 3.92. The van der Waals surface area contributed by atoms with Gasteiger partial charge in [-0.3, -0.25) is 9.59 Å². The molecule has 0 aromatic heterocycles. The Morgan fingerprint density at radius 3 is 2.56 bits per heavy atom. The molecule has 1 aromatic carbocycles. The fraction of sp³-hybridized carbons (Fsp3) is 0.630. The van der Waals surface area contributed by atoms with Crippen molar-refractivity contribution in [3.05, 3.63) is 34.9 Å². The minimum Gasteiger partial charge on any atom is -0.493 e. The molecular weight excluding hydrogens is 464 g/mol. The lowest BCUT2D eigenvalue weighted by Gasteiger charge is -2.43. The third-order valence-electron chi connectivity index (χ3n) is 7.40. The number of nitrogens with one attached hydrogen (secondary N) is 1. The predicted molar refractivity (Wildman–Crippen MR) is 133 cm³/mol. The summed E-state index contributed by atoms with van der Waals surface area (Å²) in [7, 11) is 1.50. The lowest BCUT2D eigenvalue weighted by atomic mass is 9.76. The molecule has 0 spiro atoms. The monoisotopic (exact) mass is 502 g/mol. The Labute approximate surface area is 212 Å². The number of hydrogen-bond acceptors (Lipinski definition) is 7. The number of nitrogens with zero attached hydrogens (tertiary/aromatic N) is 1. The van der Waals surface area contributed by atoms with Crippen LogP contribution in [0.5, 0.6) is 11.5 Å². The molecule has 36 heavy (non-hydrogen) atoms. The van der Waals surface area contributed by atoms with Gasteiger partial charge in [0.05, 0.1) is 32.3 Å². The van der Waals surface area contributed by atoms with Gasteiger partial charge in [0.15, 0.2) is 11.5 Å². The Morgan fingerprint density at radius 1 is 1.22 bits per heavy atom. The van der Waals surface area contributed by atoms with Crippen molar-refractivity contribution >= 4 is 11.8 Å². The summed E-state index contributed by atoms with van der Waals surface area (Å²) < 4.78 is 11.8. The SMILES string of the molecule is COc1cc(CO)cc2c1O[C@@H]1[C@@H](O)[C@H](N(C(=O)CC(C)C)C3CCCC3)C=C(C(=O)NCCO)[C@H]21. The fourth-order valence-corrected chi connectivity index (χ4v) is 5.84. The van der Waals surface area contributed by atoms with Crippen LogP contribution in [0, 0.1) is 5.92 Å². The van der Waals surface area contributed by atoms with E-state index in [9.17, 15) is 24.9 Å². The Hall–Kier alpha value is -2.62. The van der Waals surface area contributed by atoms with Crippen LogP contribution in [0.3, 0.4) is 0 Å². The first-order valence-corrected chi connectivity index (χ1v) is 12.9. The lowest BCUT2D eigenvalue weighted by molar-refractivity contribution is -0.141. The Bertz CT molecular complexity index is 1000. The highest BCUT2D eigenvalue weighted by Crippen LogP contribution is 2.51. The number of ether oxygens (including phenoxy) is 2. The summed E-state index contributed by atoms with van der Waals surface area (Å²) >= 11 is 0. The smallest absolute Gasteiger partial charge is 0.247 e. The second-order valence-electron chi connectivity index (χ2n) is 10.4. The van der Waals surface area contributed by atoms with Crippen molar-refractivity contribution in [1.82, 2.24) is 10.2 Å². The van der Waals surface area contributed by atoms with Crippen LogP contribution in [-0.4, -0.2) is 76.6 Å². The van der Waals surface area contributed by atoms with E-state index in [-0.39, 0.29) is 43.5 Å². The molecule has 1 aliphatic heterocycles. The van der Waals surface area contributed by atoms with E-state index in [4.69, 9.17) is 9.47 Å². The average Bonchev–Trinajstić information content (AvgIpc) is 3.51. The van der Waals surface area contributed by atoms with E-state index in [1.165, 1.54) is 7.11 Å². The van der Waals surface area contributed by atoms with Crippen molar-refractivity contribution in [3.8, 4) is 11.5 Å². The van der Waals surface area contributed by atoms with Crippen molar-refractivity contribution in [2.24, 2.45) is 5.92 Å². The van der Waals surface area contributed by atoms with E-state index in [1.54, 1.807) is 23.1 Å². The summed E-state index contributed by atoms with van der Waals surface area (Å²) in [6.45, 7) is 3.62. The highest BCUT2D eigenvalue weighted by Gasteiger charge is 2.52. The molecule has 2 aliphatic carbocycles. The second-order valence-corrected chi connectivity index (χ2v) is 10.4. The Kier molecular flexibility index (Phi) is 8.22. The molecule has 3 aliphatic rings. The first-order valence-electron chi connectivity index (χ1n) is 12.9. The minimum absolute atomic E-state index is 0.00948. The number of aliphatic hydroxyl groups is 3. The number of rotatable bonds is 9. The molecule has 0 unspecified atom stereocenters. The molecule has 9 nitrogen and oxygen atoms in total. The predicted octanol–water partition coefficient (Wildman–Crippen LogP) is 1.63. The van der Waals surface area contributed by atoms with Crippen LogP contribution < -0.4 is 14.8 Å². The zero-order chi connectivity index (χ0) is 26.0. The van der Waals surface area contributed by atoms with Crippen LogP contribution in [0.1, 0.15) is 63.0 Å². The van der Waals surface area contributed by atoms with Crippen LogP contribution in [0.4, 0.5) is 0 Å². The quantitative estimate of drug-likeness (QED) is 0.404. The van der Waals surface area contributed by atoms with Crippen LogP contribution in [0.25, 0.3) is 0 Å². The lowest BCUT2D eigenvalue weighted by Crippen LogP contribution is -2.58. The van der Waals surface area contributed by atoms with Gasteiger partial charge in [0.1, 0.15) is 12.2 Å². The number of fused-ring (bicyclic) bond motifs is 3. The molecule has 1 fully saturated rings. The number of carbonyl (C=O) groups is 2. The molecule has 1 saturated carbocycles. The first-order chi connectivity index (χ1) is 17.3. The summed E-state index contributed by atoms with van der Waals surface area (Å²) in [5, 5.41) is 33.5. The van der Waals surface area contributed by atoms with Crippen LogP contribution in [0.2, 0.25) is 0 Å². The van der Waals surface area contributed by atoms with Gasteiger partial charge < -0.3 is 35.0 Å². The second kappa shape index (κ2) is 11.2. The maximum Gasteiger partial charge on any atom is 0.247 e. The van der Waals surface area contributed by atoms with Crippen LogP contribution in [-0.2, 0) is 16.2 Å². The van der Waals surface area contributed by atoms with Crippen molar-refractivity contribution in [1.29, 1.82) is 0 Å². The van der Waals surface area contributed by atoms with Crippen molar-refractivity contribution in [3.63, 3.8) is 0 Å². The summed E-state index contributed by atoms with van der Waals surface area (Å²) in [5.41, 5.74) is 1.62. The van der Waals surface area contributed by atoms with E-state index in [2.05, 4.69) is 5.32 Å². The molecule has 9 heteroatoms.